The Balaban J connectivity index is 2.58. The molecular formula is C11H19NO2. The molecule has 0 N–H and O–H groups in total. The van der Waals surface area contributed by atoms with Gasteiger partial charge in [-0.2, -0.15) is 0 Å². The molecule has 3 heteroatoms. The van der Waals surface area contributed by atoms with Crippen LogP contribution in [0.3, 0.4) is 0 Å². The number of rotatable bonds is 0. The van der Waals surface area contributed by atoms with Crippen molar-refractivity contribution in [1.29, 1.82) is 0 Å². The fourth-order valence-electron chi connectivity index (χ4n) is 1.55. The zero-order valence-electron chi connectivity index (χ0n) is 9.46. The molecule has 1 fully saturated rings. The summed E-state index contributed by atoms with van der Waals surface area (Å²) >= 11 is 0. The molecule has 1 aliphatic heterocycles. The average Bonchev–Trinajstić information content (AvgIpc) is 2.26. The highest BCUT2D eigenvalue weighted by atomic mass is 16.6. The van der Waals surface area contributed by atoms with Crippen molar-refractivity contribution < 1.29 is 9.53 Å². The molecule has 1 unspecified atom stereocenters. The van der Waals surface area contributed by atoms with Crippen molar-refractivity contribution >= 4 is 6.09 Å². The minimum atomic E-state index is -0.416. The molecule has 1 saturated heterocycles. The molecule has 0 radical (unpaired) electrons. The second kappa shape index (κ2) is 3.64. The fraction of sp³-hybridized carbons (Fsp3) is 0.727. The van der Waals surface area contributed by atoms with Crippen molar-refractivity contribution in [2.75, 3.05) is 6.54 Å². The molecule has 80 valence electrons. The third-order valence-electron chi connectivity index (χ3n) is 2.14. The van der Waals surface area contributed by atoms with E-state index in [-0.39, 0.29) is 12.1 Å². The molecule has 1 aliphatic rings. The summed E-state index contributed by atoms with van der Waals surface area (Å²) in [4.78, 5) is 13.4. The first-order valence-corrected chi connectivity index (χ1v) is 4.96. The summed E-state index contributed by atoms with van der Waals surface area (Å²) in [5.41, 5.74) is 0.684. The minimum absolute atomic E-state index is 0.220. The van der Waals surface area contributed by atoms with Crippen LogP contribution in [-0.4, -0.2) is 29.2 Å². The minimum Gasteiger partial charge on any atom is -0.444 e. The summed E-state index contributed by atoms with van der Waals surface area (Å²) in [7, 11) is 0. The molecular weight excluding hydrogens is 178 g/mol. The molecule has 1 amide bonds. The number of hydrogen-bond donors (Lipinski definition) is 0. The van der Waals surface area contributed by atoms with Crippen LogP contribution in [0.2, 0.25) is 0 Å². The van der Waals surface area contributed by atoms with E-state index in [1.54, 1.807) is 4.90 Å². The lowest BCUT2D eigenvalue weighted by molar-refractivity contribution is 0.0242. The quantitative estimate of drug-likeness (QED) is 0.558. The molecule has 0 saturated carbocycles. The third-order valence-corrected chi connectivity index (χ3v) is 2.14. The number of amides is 1. The van der Waals surface area contributed by atoms with Gasteiger partial charge >= 0.3 is 6.09 Å². The van der Waals surface area contributed by atoms with Crippen LogP contribution in [0.4, 0.5) is 4.79 Å². The van der Waals surface area contributed by atoms with Gasteiger partial charge in [0.25, 0.3) is 0 Å². The molecule has 1 rings (SSSR count). The first-order valence-electron chi connectivity index (χ1n) is 4.96. The van der Waals surface area contributed by atoms with Crippen molar-refractivity contribution in [1.82, 2.24) is 4.90 Å². The summed E-state index contributed by atoms with van der Waals surface area (Å²) in [6.07, 6.45) is 0.655. The predicted octanol–water partition coefficient (Wildman–Crippen LogP) is 2.57. The van der Waals surface area contributed by atoms with Crippen molar-refractivity contribution in [3.05, 3.63) is 12.2 Å². The molecule has 0 aliphatic carbocycles. The topological polar surface area (TPSA) is 29.5 Å². The molecule has 0 bridgehead atoms. The highest BCUT2D eigenvalue weighted by Gasteiger charge is 2.30. The van der Waals surface area contributed by atoms with Gasteiger partial charge in [-0.05, 0) is 34.1 Å². The van der Waals surface area contributed by atoms with Crippen LogP contribution in [0.15, 0.2) is 12.2 Å². The Labute approximate surface area is 85.7 Å². The van der Waals surface area contributed by atoms with E-state index in [2.05, 4.69) is 6.58 Å². The van der Waals surface area contributed by atoms with Crippen LogP contribution in [-0.2, 0) is 4.74 Å². The maximum atomic E-state index is 11.7. The van der Waals surface area contributed by atoms with E-state index < -0.39 is 5.60 Å². The highest BCUT2D eigenvalue weighted by molar-refractivity contribution is 5.69. The van der Waals surface area contributed by atoms with E-state index in [1.807, 2.05) is 27.7 Å². The van der Waals surface area contributed by atoms with Gasteiger partial charge in [-0.1, -0.05) is 12.2 Å². The smallest absolute Gasteiger partial charge is 0.410 e. The van der Waals surface area contributed by atoms with Gasteiger partial charge < -0.3 is 9.64 Å². The number of likely N-dealkylation sites (tertiary alicyclic amines) is 1. The summed E-state index contributed by atoms with van der Waals surface area (Å²) in [6.45, 7) is 12.2. The van der Waals surface area contributed by atoms with Crippen molar-refractivity contribution in [3.63, 3.8) is 0 Å². The van der Waals surface area contributed by atoms with Gasteiger partial charge in [0.2, 0.25) is 0 Å². The molecule has 0 aromatic carbocycles. The number of ether oxygens (including phenoxy) is 1. The Morgan fingerprint density at radius 2 is 2.14 bits per heavy atom. The van der Waals surface area contributed by atoms with Crippen LogP contribution in [0, 0.1) is 0 Å². The first-order chi connectivity index (χ1) is 6.29. The molecule has 1 heterocycles. The number of carbonyl (C=O) groups is 1. The van der Waals surface area contributed by atoms with Gasteiger partial charge in [0.05, 0.1) is 0 Å². The first kappa shape index (κ1) is 11.1. The summed E-state index contributed by atoms with van der Waals surface area (Å²) in [6, 6.07) is 0.220. The van der Waals surface area contributed by atoms with Crippen LogP contribution in [0.5, 0.6) is 0 Å². The van der Waals surface area contributed by atoms with Crippen LogP contribution in [0.25, 0.3) is 0 Å². The normalized spacial score (nSPS) is 22.7. The Morgan fingerprint density at radius 3 is 2.50 bits per heavy atom. The van der Waals surface area contributed by atoms with E-state index in [1.165, 1.54) is 0 Å². The monoisotopic (exact) mass is 197 g/mol. The molecule has 3 nitrogen and oxygen atoms in total. The number of hydrogen-bond acceptors (Lipinski definition) is 2. The molecule has 0 aromatic heterocycles. The van der Waals surface area contributed by atoms with Gasteiger partial charge in [-0.15, -0.1) is 0 Å². The van der Waals surface area contributed by atoms with Crippen molar-refractivity contribution in [3.8, 4) is 0 Å². The Bertz CT molecular complexity index is 253. The van der Waals surface area contributed by atoms with Gasteiger partial charge in [-0.3, -0.25) is 0 Å². The largest absolute Gasteiger partial charge is 0.444 e. The molecule has 0 spiro atoms. The van der Waals surface area contributed by atoms with Gasteiger partial charge in [0.15, 0.2) is 0 Å². The summed E-state index contributed by atoms with van der Waals surface area (Å²) in [5.74, 6) is 0. The van der Waals surface area contributed by atoms with Crippen LogP contribution >= 0.6 is 0 Å². The van der Waals surface area contributed by atoms with Crippen LogP contribution in [0.1, 0.15) is 34.1 Å². The lowest BCUT2D eigenvalue weighted by atomic mass is 10.2. The number of carbonyl (C=O) groups excluding carboxylic acids is 1. The molecule has 1 atom stereocenters. The predicted molar refractivity (Wildman–Crippen MR) is 56.2 cm³/mol. The second-order valence-corrected chi connectivity index (χ2v) is 4.91. The maximum absolute atomic E-state index is 11.7. The third kappa shape index (κ3) is 2.76. The Hall–Kier alpha value is -0.990. The summed E-state index contributed by atoms with van der Waals surface area (Å²) < 4.78 is 5.29. The fourth-order valence-corrected chi connectivity index (χ4v) is 1.55. The summed E-state index contributed by atoms with van der Waals surface area (Å²) in [5, 5.41) is 0. The molecule has 14 heavy (non-hydrogen) atoms. The van der Waals surface area contributed by atoms with Gasteiger partial charge in [0.1, 0.15) is 5.60 Å². The van der Waals surface area contributed by atoms with Gasteiger partial charge in [0, 0.05) is 12.6 Å². The lowest BCUT2D eigenvalue weighted by Crippen LogP contribution is -2.38. The van der Waals surface area contributed by atoms with Gasteiger partial charge in [-0.25, -0.2) is 4.79 Å². The zero-order chi connectivity index (χ0) is 10.9. The Morgan fingerprint density at radius 1 is 1.57 bits per heavy atom. The Kier molecular flexibility index (Phi) is 2.88. The standard InChI is InChI=1S/C11H19NO2/c1-8-6-9(2)12(7-8)10(13)14-11(3,4)5/h9H,1,6-7H2,2-5H3. The second-order valence-electron chi connectivity index (χ2n) is 4.91. The highest BCUT2D eigenvalue weighted by Crippen LogP contribution is 2.22. The van der Waals surface area contributed by atoms with E-state index >= 15 is 0 Å². The van der Waals surface area contributed by atoms with Crippen molar-refractivity contribution in [2.45, 2.75) is 45.8 Å². The van der Waals surface area contributed by atoms with E-state index in [9.17, 15) is 4.79 Å². The average molecular weight is 197 g/mol. The van der Waals surface area contributed by atoms with E-state index in [4.69, 9.17) is 4.74 Å². The van der Waals surface area contributed by atoms with Crippen LogP contribution < -0.4 is 0 Å². The maximum Gasteiger partial charge on any atom is 0.410 e. The SMILES string of the molecule is C=C1CC(C)N(C(=O)OC(C)(C)C)C1. The number of nitrogens with zero attached hydrogens (tertiary/aromatic N) is 1. The van der Waals surface area contributed by atoms with E-state index in [0.717, 1.165) is 12.0 Å². The van der Waals surface area contributed by atoms with Crippen molar-refractivity contribution in [2.24, 2.45) is 0 Å². The van der Waals surface area contributed by atoms with E-state index in [0.29, 0.717) is 6.54 Å². The zero-order valence-corrected chi connectivity index (χ0v) is 9.46. The molecule has 0 aromatic rings. The lowest BCUT2D eigenvalue weighted by Gasteiger charge is -2.26.